The Bertz CT molecular complexity index is 3260. The number of aliphatic hydroxyl groups is 1. The van der Waals surface area contributed by atoms with Gasteiger partial charge in [0.2, 0.25) is 11.8 Å². The third kappa shape index (κ3) is 35.5. The summed E-state index contributed by atoms with van der Waals surface area (Å²) in [6.07, 6.45) is 7.46. The van der Waals surface area contributed by atoms with Gasteiger partial charge in [-0.2, -0.15) is 5.10 Å². The molecule has 0 spiro atoms. The number of aromatic nitrogens is 2. The molecule has 1 aliphatic heterocycles. The standard InChI is InChI=1S/C68H98Cl2N11O22P/c1-4-104(90,103-46-45-101-44-43-100-42-41-99-40-39-98-38-37-97-36-35-96-34-33-95-32-31-94-30-29-93-28-27-92-26-25-91-24-23-82)80-54-16-12-51(13-17-54)62(83)78-60(49(2)3)65(86)76-57(9-6-20-72-67(71)88)63(84)74-52-14-10-50(11-15-52)48-102-68(89)81-21-18-53(19-22-81)75-66(87)61-58(47-73-79-61)77-64(85)59-55(69)7-5-8-56(59)70/h1,5,7-8,10-17,47,49,53,57,60,82H,6,9,18-46,48H2,2-3H3,(H,73,79)(H,74,84)(H,75,87)(H,76,86)(H,77,85)(H,78,83)(H,80,90)(H3,71,72,88)/t57-,60-,104?/m0/s1. The Hall–Kier alpha value is -7.59. The van der Waals surface area contributed by atoms with Gasteiger partial charge in [-0.25, -0.2) is 9.59 Å². The zero-order valence-electron chi connectivity index (χ0n) is 58.6. The van der Waals surface area contributed by atoms with Crippen molar-refractivity contribution in [3.05, 3.63) is 105 Å². The molecule has 3 atom stereocenters. The molecule has 8 amide bonds. The van der Waals surface area contributed by atoms with E-state index in [1.54, 1.807) is 44.2 Å². The minimum Gasteiger partial charge on any atom is -0.445 e. The van der Waals surface area contributed by atoms with E-state index in [9.17, 15) is 38.1 Å². The van der Waals surface area contributed by atoms with Crippen molar-refractivity contribution in [2.24, 2.45) is 11.7 Å². The molecule has 0 aliphatic carbocycles. The van der Waals surface area contributed by atoms with Crippen molar-refractivity contribution in [3.63, 3.8) is 0 Å². The lowest BCUT2D eigenvalue weighted by molar-refractivity contribution is -0.128. The van der Waals surface area contributed by atoms with Crippen molar-refractivity contribution in [2.75, 3.05) is 194 Å². The number of hydrogen-bond donors (Lipinski definition) is 10. The van der Waals surface area contributed by atoms with Gasteiger partial charge in [0.05, 0.1) is 186 Å². The number of nitrogens with two attached hydrogens (primary N) is 1. The van der Waals surface area contributed by atoms with Crippen LogP contribution in [0.1, 0.15) is 76.3 Å². The first kappa shape index (κ1) is 87.0. The summed E-state index contributed by atoms with van der Waals surface area (Å²) in [5.74, 6) is -3.47. The molecular formula is C68H98Cl2N11O22P. The minimum atomic E-state index is -3.85. The molecule has 1 fully saturated rings. The molecule has 3 aromatic carbocycles. The normalized spacial score (nSPS) is 13.5. The van der Waals surface area contributed by atoms with Crippen LogP contribution in [-0.4, -0.2) is 258 Å². The lowest BCUT2D eigenvalue weighted by Gasteiger charge is -2.31. The molecule has 104 heavy (non-hydrogen) atoms. The van der Waals surface area contributed by atoms with Crippen molar-refractivity contribution in [1.82, 2.24) is 36.4 Å². The maximum Gasteiger partial charge on any atom is 0.410 e. The first-order valence-corrected chi connectivity index (χ1v) is 36.4. The topological polar surface area (TPSA) is 419 Å². The van der Waals surface area contributed by atoms with E-state index in [-0.39, 0.29) is 116 Å². The molecular weight excluding hydrogens is 1420 g/mol. The Balaban J connectivity index is 0.898. The number of H-pyrrole nitrogens is 1. The number of benzene rings is 3. The minimum absolute atomic E-state index is 0.00168. The van der Waals surface area contributed by atoms with Gasteiger partial charge in [-0.1, -0.05) is 55.2 Å². The fourth-order valence-electron chi connectivity index (χ4n) is 9.43. The van der Waals surface area contributed by atoms with Crippen LogP contribution in [0.3, 0.4) is 0 Å². The Morgan fingerprint density at radius 2 is 1.12 bits per heavy atom. The molecule has 576 valence electrons. The van der Waals surface area contributed by atoms with E-state index in [0.717, 1.165) is 0 Å². The van der Waals surface area contributed by atoms with Crippen LogP contribution >= 0.6 is 30.7 Å². The number of piperidine rings is 1. The number of primary amides is 1. The molecule has 1 aromatic heterocycles. The monoisotopic (exact) mass is 1520 g/mol. The van der Waals surface area contributed by atoms with Crippen molar-refractivity contribution < 1.29 is 105 Å². The summed E-state index contributed by atoms with van der Waals surface area (Å²) in [5.41, 5.74) is 8.99. The number of urea groups is 1. The van der Waals surface area contributed by atoms with E-state index in [1.165, 1.54) is 47.5 Å². The second kappa shape index (κ2) is 51.6. The molecule has 0 saturated carbocycles. The molecule has 11 N–H and O–H groups in total. The van der Waals surface area contributed by atoms with Crippen molar-refractivity contribution in [1.29, 1.82) is 0 Å². The van der Waals surface area contributed by atoms with Gasteiger partial charge in [0, 0.05) is 48.3 Å². The van der Waals surface area contributed by atoms with Gasteiger partial charge in [0.25, 0.3) is 17.7 Å². The molecule has 0 radical (unpaired) electrons. The number of aromatic amines is 1. The largest absolute Gasteiger partial charge is 0.445 e. The lowest BCUT2D eigenvalue weighted by Crippen LogP contribution is -2.54. The number of nitrogens with one attached hydrogen (secondary N) is 8. The maximum absolute atomic E-state index is 13.9. The van der Waals surface area contributed by atoms with Crippen LogP contribution in [0.4, 0.5) is 26.7 Å². The predicted octanol–water partition coefficient (Wildman–Crippen LogP) is 5.21. The van der Waals surface area contributed by atoms with Crippen LogP contribution in [0, 0.1) is 18.0 Å². The zero-order valence-corrected chi connectivity index (χ0v) is 61.0. The molecule has 1 aliphatic rings. The number of likely N-dealkylation sites (tertiary alicyclic amines) is 1. The van der Waals surface area contributed by atoms with Crippen molar-refractivity contribution >= 4 is 89.4 Å². The summed E-state index contributed by atoms with van der Waals surface area (Å²) in [6, 6.07) is 13.6. The Kier molecular flexibility index (Phi) is 43.2. The summed E-state index contributed by atoms with van der Waals surface area (Å²) < 4.78 is 84.4. The van der Waals surface area contributed by atoms with E-state index in [2.05, 4.69) is 52.8 Å². The number of carbonyl (C=O) groups is 7. The van der Waals surface area contributed by atoms with Crippen molar-refractivity contribution in [3.8, 4) is 12.1 Å². The predicted molar refractivity (Wildman–Crippen MR) is 384 cm³/mol. The van der Waals surface area contributed by atoms with E-state index in [1.807, 2.05) is 0 Å². The Morgan fingerprint density at radius 3 is 1.59 bits per heavy atom. The lowest BCUT2D eigenvalue weighted by atomic mass is 10.0. The molecule has 0 bridgehead atoms. The van der Waals surface area contributed by atoms with Gasteiger partial charge < -0.3 is 114 Å². The number of carbonyl (C=O) groups excluding carboxylic acids is 7. The van der Waals surface area contributed by atoms with Crippen LogP contribution in [0.25, 0.3) is 0 Å². The highest BCUT2D eigenvalue weighted by Crippen LogP contribution is 2.45. The highest BCUT2D eigenvalue weighted by atomic mass is 35.5. The summed E-state index contributed by atoms with van der Waals surface area (Å²) in [4.78, 5) is 93.6. The number of terminal acetylenes is 1. The van der Waals surface area contributed by atoms with Crippen LogP contribution in [0.15, 0.2) is 72.9 Å². The second-order valence-corrected chi connectivity index (χ2v) is 25.7. The molecule has 1 saturated heterocycles. The SMILES string of the molecule is C#CP(=O)(Nc1ccc(C(=O)N[C@H](C(=O)N[C@@H](CCCNC(N)=O)C(=O)Nc2ccc(COC(=O)N3CCC(NC(=O)c4[nH]ncc4NC(=O)c4c(Cl)cccc4Cl)CC3)cc2)C(C)C)cc1)OCCOCCOCCOCCOCCOCCOCCOCCOCCOCCOCCOCCO. The maximum atomic E-state index is 13.9. The van der Waals surface area contributed by atoms with Gasteiger partial charge in [-0.3, -0.25) is 33.6 Å². The number of rotatable bonds is 55. The molecule has 1 unspecified atom stereocenters. The number of halogens is 2. The summed E-state index contributed by atoms with van der Waals surface area (Å²) >= 11 is 12.4. The summed E-state index contributed by atoms with van der Waals surface area (Å²) in [6.45, 7) is 12.5. The van der Waals surface area contributed by atoms with Gasteiger partial charge in [0.1, 0.15) is 24.4 Å². The fourth-order valence-corrected chi connectivity index (χ4v) is 11.0. The average Bonchev–Trinajstić information content (AvgIpc) is 1.02. The number of amides is 8. The van der Waals surface area contributed by atoms with Crippen molar-refractivity contribution in [2.45, 2.75) is 64.3 Å². The van der Waals surface area contributed by atoms with Crippen LogP contribution in [-0.2, 0) is 82.1 Å². The third-order valence-corrected chi connectivity index (χ3v) is 16.9. The molecule has 4 aromatic rings. The quantitative estimate of drug-likeness (QED) is 0.0154. The van der Waals surface area contributed by atoms with Gasteiger partial charge >= 0.3 is 19.6 Å². The fraction of sp³-hybridized carbons (Fsp3) is 0.559. The summed E-state index contributed by atoms with van der Waals surface area (Å²) in [7, 11) is -3.85. The summed E-state index contributed by atoms with van der Waals surface area (Å²) in [5, 5.41) is 34.4. The second-order valence-electron chi connectivity index (χ2n) is 23.0. The van der Waals surface area contributed by atoms with E-state index < -0.39 is 67.2 Å². The number of ether oxygens (including phenoxy) is 12. The molecule has 2 heterocycles. The highest BCUT2D eigenvalue weighted by molar-refractivity contribution is 7.65. The first-order valence-electron chi connectivity index (χ1n) is 34.0. The van der Waals surface area contributed by atoms with E-state index in [0.29, 0.717) is 150 Å². The molecule has 33 nitrogen and oxygen atoms in total. The van der Waals surface area contributed by atoms with Gasteiger partial charge in [-0.05, 0) is 85.7 Å². The van der Waals surface area contributed by atoms with Crippen LogP contribution < -0.4 is 42.7 Å². The average molecular weight is 1520 g/mol. The van der Waals surface area contributed by atoms with Gasteiger partial charge in [0.15, 0.2) is 0 Å². The number of hydrogen-bond acceptors (Lipinski definition) is 23. The third-order valence-electron chi connectivity index (χ3n) is 14.9. The smallest absolute Gasteiger partial charge is 0.410 e. The Morgan fingerprint density at radius 1 is 0.635 bits per heavy atom. The van der Waals surface area contributed by atoms with Crippen LogP contribution in [0.5, 0.6) is 0 Å². The zero-order chi connectivity index (χ0) is 75.0. The van der Waals surface area contributed by atoms with E-state index in [4.69, 9.17) is 102 Å². The van der Waals surface area contributed by atoms with E-state index >= 15 is 0 Å². The number of anilines is 3. The molecule has 36 heteroatoms. The first-order chi connectivity index (χ1) is 50.4. The van der Waals surface area contributed by atoms with Crippen LogP contribution in [0.2, 0.25) is 10.0 Å². The number of nitrogens with zero attached hydrogens (tertiary/aromatic N) is 2. The van der Waals surface area contributed by atoms with Gasteiger partial charge in [-0.15, -0.1) is 6.42 Å². The molecule has 5 rings (SSSR count). The Labute approximate surface area is 615 Å². The number of aliphatic hydroxyl groups excluding tert-OH is 1. The highest BCUT2D eigenvalue weighted by Gasteiger charge is 2.31.